The average Bonchev–Trinajstić information content (AvgIpc) is 3.85. The SMILES string of the molecule is CC1CC2CC(C)C3(c4ccccc4-c4cc(-c5ccc6c(c5)Sc5cc(N(c7ccc(-c8ccccc8)cc7)c7cccc8c7-c7ccccc7C8)ccc5S6)ccc43)C(C1)C2. The van der Waals surface area contributed by atoms with Gasteiger partial charge in [-0.05, 0) is 172 Å². The zero-order valence-corrected chi connectivity index (χ0v) is 37.5. The van der Waals surface area contributed by atoms with Crippen LogP contribution in [0.25, 0.3) is 44.5 Å². The standard InChI is InChI=1S/C60H49NS2/c1-37-29-39-31-38(2)60(46(30-37)32-39)52-17-9-8-16-50(52)51-34-42(21-26-53(51)60)43-22-27-55-57(35-43)63-58-36-48(25-28-56(58)62-55)61(47-23-19-41(20-24-47)40-11-4-3-5-12-40)54-18-10-14-45-33-44-13-6-7-15-49(44)59(45)54/h3-28,34-39,46H,29-33H2,1-2H3. The van der Waals surface area contributed by atoms with E-state index in [2.05, 4.69) is 195 Å². The van der Waals surface area contributed by atoms with Crippen LogP contribution in [-0.4, -0.2) is 0 Å². The number of benzene rings is 8. The second kappa shape index (κ2) is 14.7. The third-order valence-electron chi connectivity index (χ3n) is 15.4. The van der Waals surface area contributed by atoms with Crippen molar-refractivity contribution in [1.82, 2.24) is 0 Å². The van der Waals surface area contributed by atoms with Crippen LogP contribution in [-0.2, 0) is 11.8 Å². The van der Waals surface area contributed by atoms with Crippen molar-refractivity contribution >= 4 is 40.6 Å². The largest absolute Gasteiger partial charge is 0.310 e. The molecule has 5 unspecified atom stereocenters. The molecule has 306 valence electrons. The first-order chi connectivity index (χ1) is 31.0. The first kappa shape index (κ1) is 37.8. The fourth-order valence-electron chi connectivity index (χ4n) is 13.0. The molecule has 2 bridgehead atoms. The van der Waals surface area contributed by atoms with Crippen molar-refractivity contribution in [3.63, 3.8) is 0 Å². The highest BCUT2D eigenvalue weighted by Gasteiger charge is 2.56. The lowest BCUT2D eigenvalue weighted by Crippen LogP contribution is -2.49. The molecule has 0 amide bonds. The fraction of sp³-hybridized carbons (Fsp3) is 0.200. The normalized spacial score (nSPS) is 22.1. The molecule has 1 heterocycles. The highest BCUT2D eigenvalue weighted by Crippen LogP contribution is 2.65. The van der Waals surface area contributed by atoms with Crippen molar-refractivity contribution in [3.8, 4) is 44.5 Å². The maximum atomic E-state index is 2.57. The number of anilines is 3. The van der Waals surface area contributed by atoms with Crippen LogP contribution in [0.2, 0.25) is 0 Å². The summed E-state index contributed by atoms with van der Waals surface area (Å²) in [5.74, 6) is 3.06. The Morgan fingerprint density at radius 1 is 0.460 bits per heavy atom. The second-order valence-corrected chi connectivity index (χ2v) is 21.2. The van der Waals surface area contributed by atoms with E-state index in [1.807, 2.05) is 23.5 Å². The van der Waals surface area contributed by atoms with E-state index in [9.17, 15) is 0 Å². The quantitative estimate of drug-likeness (QED) is 0.170. The molecule has 0 N–H and O–H groups in total. The van der Waals surface area contributed by atoms with E-state index in [-0.39, 0.29) is 5.41 Å². The predicted octanol–water partition coefficient (Wildman–Crippen LogP) is 17.0. The molecule has 8 aromatic rings. The molecule has 3 heteroatoms. The summed E-state index contributed by atoms with van der Waals surface area (Å²) >= 11 is 3.83. The van der Waals surface area contributed by atoms with E-state index in [1.54, 1.807) is 11.1 Å². The summed E-state index contributed by atoms with van der Waals surface area (Å²) in [7, 11) is 0. The minimum atomic E-state index is 0.125. The molecule has 8 aromatic carbocycles. The topological polar surface area (TPSA) is 3.24 Å². The van der Waals surface area contributed by atoms with Gasteiger partial charge in [0.05, 0.1) is 5.69 Å². The number of fused-ring (bicyclic) bond motifs is 13. The van der Waals surface area contributed by atoms with E-state index in [0.717, 1.165) is 23.9 Å². The van der Waals surface area contributed by atoms with Crippen molar-refractivity contribution in [2.45, 2.75) is 70.9 Å². The highest BCUT2D eigenvalue weighted by atomic mass is 32.2. The smallest absolute Gasteiger partial charge is 0.0543 e. The number of nitrogens with zero attached hydrogens (tertiary/aromatic N) is 1. The molecule has 1 spiro atoms. The van der Waals surface area contributed by atoms with Crippen LogP contribution in [0.15, 0.2) is 196 Å². The van der Waals surface area contributed by atoms with Gasteiger partial charge < -0.3 is 4.90 Å². The molecule has 4 aliphatic carbocycles. The first-order valence-corrected chi connectivity index (χ1v) is 24.7. The Morgan fingerprint density at radius 3 is 1.98 bits per heavy atom. The van der Waals surface area contributed by atoms with Crippen molar-refractivity contribution in [3.05, 3.63) is 198 Å². The summed E-state index contributed by atoms with van der Waals surface area (Å²) in [5, 5.41) is 0. The third kappa shape index (κ3) is 5.92. The maximum Gasteiger partial charge on any atom is 0.0543 e. The average molecular weight is 848 g/mol. The fourth-order valence-corrected chi connectivity index (χ4v) is 15.3. The van der Waals surface area contributed by atoms with Crippen LogP contribution in [0.3, 0.4) is 0 Å². The van der Waals surface area contributed by atoms with E-state index in [4.69, 9.17) is 0 Å². The highest BCUT2D eigenvalue weighted by molar-refractivity contribution is 8.05. The lowest BCUT2D eigenvalue weighted by Gasteiger charge is -2.54. The van der Waals surface area contributed by atoms with Gasteiger partial charge in [0.15, 0.2) is 0 Å². The van der Waals surface area contributed by atoms with Crippen molar-refractivity contribution in [2.24, 2.45) is 23.7 Å². The van der Waals surface area contributed by atoms with Gasteiger partial charge in [-0.25, -0.2) is 0 Å². The van der Waals surface area contributed by atoms with Crippen LogP contribution < -0.4 is 4.90 Å². The van der Waals surface area contributed by atoms with Gasteiger partial charge in [-0.3, -0.25) is 0 Å². The predicted molar refractivity (Wildman–Crippen MR) is 265 cm³/mol. The van der Waals surface area contributed by atoms with Gasteiger partial charge in [0.2, 0.25) is 0 Å². The Kier molecular flexibility index (Phi) is 8.79. The molecule has 13 rings (SSSR count). The Balaban J connectivity index is 0.875. The van der Waals surface area contributed by atoms with Crippen molar-refractivity contribution < 1.29 is 0 Å². The minimum absolute atomic E-state index is 0.125. The zero-order chi connectivity index (χ0) is 41.8. The van der Waals surface area contributed by atoms with Crippen LogP contribution in [0, 0.1) is 23.7 Å². The minimum Gasteiger partial charge on any atom is -0.310 e. The number of hydrogen-bond acceptors (Lipinski definition) is 3. The number of hydrogen-bond donors (Lipinski definition) is 0. The molecule has 2 saturated carbocycles. The summed E-state index contributed by atoms with van der Waals surface area (Å²) in [6.07, 6.45) is 6.45. The van der Waals surface area contributed by atoms with Crippen LogP contribution in [0.4, 0.5) is 17.1 Å². The molecule has 5 atom stereocenters. The van der Waals surface area contributed by atoms with E-state index in [1.165, 1.54) is 112 Å². The van der Waals surface area contributed by atoms with E-state index >= 15 is 0 Å². The first-order valence-electron chi connectivity index (χ1n) is 23.0. The van der Waals surface area contributed by atoms with Gasteiger partial charge in [-0.15, -0.1) is 0 Å². The third-order valence-corrected chi connectivity index (χ3v) is 18.0. The van der Waals surface area contributed by atoms with Gasteiger partial charge in [-0.1, -0.05) is 159 Å². The van der Waals surface area contributed by atoms with E-state index < -0.39 is 0 Å². The summed E-state index contributed by atoms with van der Waals surface area (Å²) in [4.78, 5) is 7.77. The second-order valence-electron chi connectivity index (χ2n) is 19.1. The van der Waals surface area contributed by atoms with Crippen LogP contribution in [0.5, 0.6) is 0 Å². The molecule has 2 fully saturated rings. The maximum absolute atomic E-state index is 2.57. The summed E-state index contributed by atoms with van der Waals surface area (Å²) in [6.45, 7) is 5.08. The molecule has 1 aliphatic heterocycles. The molecule has 0 aromatic heterocycles. The molecular formula is C60H49NS2. The molecule has 0 radical (unpaired) electrons. The zero-order valence-electron chi connectivity index (χ0n) is 35.9. The van der Waals surface area contributed by atoms with Crippen molar-refractivity contribution in [1.29, 1.82) is 0 Å². The Labute approximate surface area is 380 Å². The lowest BCUT2D eigenvalue weighted by atomic mass is 9.49. The molecule has 63 heavy (non-hydrogen) atoms. The summed E-state index contributed by atoms with van der Waals surface area (Å²) in [5.41, 5.74) is 20.3. The van der Waals surface area contributed by atoms with Gasteiger partial charge in [0.1, 0.15) is 0 Å². The van der Waals surface area contributed by atoms with Gasteiger partial charge >= 0.3 is 0 Å². The molecule has 0 saturated heterocycles. The Bertz CT molecular complexity index is 3110. The Morgan fingerprint density at radius 2 is 1.11 bits per heavy atom. The van der Waals surface area contributed by atoms with Gasteiger partial charge in [-0.2, -0.15) is 0 Å². The van der Waals surface area contributed by atoms with Crippen LogP contribution >= 0.6 is 23.5 Å². The lowest BCUT2D eigenvalue weighted by molar-refractivity contribution is 0.0426. The van der Waals surface area contributed by atoms with Gasteiger partial charge in [0, 0.05) is 41.9 Å². The molecular weight excluding hydrogens is 799 g/mol. The van der Waals surface area contributed by atoms with E-state index in [0.29, 0.717) is 11.8 Å². The molecule has 1 nitrogen and oxygen atoms in total. The Hall–Kier alpha value is -5.74. The number of rotatable bonds is 5. The van der Waals surface area contributed by atoms with Gasteiger partial charge in [0.25, 0.3) is 0 Å². The van der Waals surface area contributed by atoms with Crippen LogP contribution in [0.1, 0.15) is 61.8 Å². The summed E-state index contributed by atoms with van der Waals surface area (Å²) < 4.78 is 0. The molecule has 5 aliphatic rings. The summed E-state index contributed by atoms with van der Waals surface area (Å²) in [6, 6.07) is 66.9. The van der Waals surface area contributed by atoms with Crippen molar-refractivity contribution in [2.75, 3.05) is 4.90 Å². The monoisotopic (exact) mass is 847 g/mol.